The lowest BCUT2D eigenvalue weighted by molar-refractivity contribution is 0.139. The van der Waals surface area contributed by atoms with Crippen molar-refractivity contribution in [3.8, 4) is 0 Å². The van der Waals surface area contributed by atoms with Crippen LogP contribution in [0.25, 0.3) is 0 Å². The van der Waals surface area contributed by atoms with Gasteiger partial charge in [0.25, 0.3) is 0 Å². The van der Waals surface area contributed by atoms with Crippen molar-refractivity contribution in [1.29, 1.82) is 0 Å². The number of halogens is 1. The quantitative estimate of drug-likeness (QED) is 0.903. The molecule has 1 N–H and O–H groups in total. The first-order valence-corrected chi connectivity index (χ1v) is 6.37. The Balaban J connectivity index is 1.90. The number of hydrogen-bond donors (Lipinski definition) is 1. The maximum absolute atomic E-state index is 10.4. The summed E-state index contributed by atoms with van der Waals surface area (Å²) in [4.78, 5) is 8.58. The van der Waals surface area contributed by atoms with Crippen LogP contribution in [0, 0.1) is 0 Å². The lowest BCUT2D eigenvalue weighted by Crippen LogP contribution is -2.10. The Morgan fingerprint density at radius 1 is 1.28 bits per heavy atom. The van der Waals surface area contributed by atoms with E-state index in [0.717, 1.165) is 18.5 Å². The van der Waals surface area contributed by atoms with Crippen LogP contribution in [-0.2, 0) is 6.42 Å². The maximum Gasteiger partial charge on any atom is 0.104 e. The molecular weight excluding hydrogens is 248 g/mol. The van der Waals surface area contributed by atoms with Crippen LogP contribution >= 0.6 is 11.6 Å². The number of aliphatic hydroxyl groups excluding tert-OH is 1. The first-order valence-electron chi connectivity index (χ1n) is 5.99. The van der Waals surface area contributed by atoms with Crippen LogP contribution in [0.3, 0.4) is 0 Å². The molecule has 92 valence electrons. The topological polar surface area (TPSA) is 46.0 Å². The van der Waals surface area contributed by atoms with Crippen LogP contribution in [0.15, 0.2) is 36.7 Å². The number of hydrogen-bond acceptors (Lipinski definition) is 3. The molecule has 2 aromatic heterocycles. The molecule has 2 heterocycles. The van der Waals surface area contributed by atoms with Crippen LogP contribution < -0.4 is 0 Å². The average Bonchev–Trinajstić information content (AvgIpc) is 2.82. The highest BCUT2D eigenvalue weighted by Gasteiger charge is 2.31. The number of rotatable bonds is 2. The van der Waals surface area contributed by atoms with Gasteiger partial charge in [0.15, 0.2) is 0 Å². The summed E-state index contributed by atoms with van der Waals surface area (Å²) < 4.78 is 0. The van der Waals surface area contributed by atoms with Crippen molar-refractivity contribution in [2.45, 2.75) is 24.9 Å². The molecule has 0 radical (unpaired) electrons. The Hall–Kier alpha value is -1.45. The second-order valence-corrected chi connectivity index (χ2v) is 4.98. The lowest BCUT2D eigenvalue weighted by atomic mass is 9.96. The van der Waals surface area contributed by atoms with Gasteiger partial charge in [-0.3, -0.25) is 9.97 Å². The van der Waals surface area contributed by atoms with Crippen molar-refractivity contribution in [1.82, 2.24) is 9.97 Å². The predicted octanol–water partition coefficient (Wildman–Crippen LogP) is 2.89. The average molecular weight is 261 g/mol. The fourth-order valence-corrected chi connectivity index (χ4v) is 2.63. The minimum Gasteiger partial charge on any atom is -0.386 e. The molecule has 0 aliphatic heterocycles. The number of aromatic nitrogens is 2. The Kier molecular flexibility index (Phi) is 3.02. The zero-order valence-electron chi connectivity index (χ0n) is 9.75. The normalized spacial score (nSPS) is 19.6. The van der Waals surface area contributed by atoms with E-state index < -0.39 is 6.10 Å². The van der Waals surface area contributed by atoms with E-state index in [9.17, 15) is 5.11 Å². The van der Waals surface area contributed by atoms with Crippen LogP contribution in [0.2, 0.25) is 5.02 Å². The third-order valence-electron chi connectivity index (χ3n) is 3.44. The third kappa shape index (κ3) is 2.00. The highest BCUT2D eigenvalue weighted by molar-refractivity contribution is 6.30. The van der Waals surface area contributed by atoms with Gasteiger partial charge in [0.2, 0.25) is 0 Å². The summed E-state index contributed by atoms with van der Waals surface area (Å²) in [6.07, 6.45) is 4.61. The van der Waals surface area contributed by atoms with Gasteiger partial charge >= 0.3 is 0 Å². The van der Waals surface area contributed by atoms with Crippen molar-refractivity contribution < 1.29 is 5.11 Å². The molecule has 0 bridgehead atoms. The van der Waals surface area contributed by atoms with E-state index in [1.807, 2.05) is 6.07 Å². The molecule has 18 heavy (non-hydrogen) atoms. The van der Waals surface area contributed by atoms with Crippen LogP contribution in [-0.4, -0.2) is 15.1 Å². The summed E-state index contributed by atoms with van der Waals surface area (Å²) in [5, 5.41) is 11.0. The van der Waals surface area contributed by atoms with Crippen LogP contribution in [0.5, 0.6) is 0 Å². The molecule has 4 heteroatoms. The summed E-state index contributed by atoms with van der Waals surface area (Å²) in [6, 6.07) is 7.54. The Morgan fingerprint density at radius 2 is 2.17 bits per heavy atom. The summed E-state index contributed by atoms with van der Waals surface area (Å²) in [5.74, 6) is 0.0369. The van der Waals surface area contributed by atoms with E-state index in [2.05, 4.69) is 16.0 Å². The van der Waals surface area contributed by atoms with Gasteiger partial charge in [-0.15, -0.1) is 0 Å². The molecule has 2 unspecified atom stereocenters. The monoisotopic (exact) mass is 260 g/mol. The third-order valence-corrected chi connectivity index (χ3v) is 3.66. The summed E-state index contributed by atoms with van der Waals surface area (Å²) in [5.41, 5.74) is 2.89. The molecular formula is C14H13ClN2O. The van der Waals surface area contributed by atoms with Crippen LogP contribution in [0.1, 0.15) is 35.4 Å². The lowest BCUT2D eigenvalue weighted by Gasteiger charge is -2.17. The first kappa shape index (κ1) is 11.6. The van der Waals surface area contributed by atoms with Gasteiger partial charge < -0.3 is 5.11 Å². The minimum atomic E-state index is -0.613. The van der Waals surface area contributed by atoms with Crippen molar-refractivity contribution >= 4 is 11.6 Å². The predicted molar refractivity (Wildman–Crippen MR) is 69.5 cm³/mol. The molecule has 3 nitrogen and oxygen atoms in total. The van der Waals surface area contributed by atoms with Gasteiger partial charge in [0.05, 0.1) is 10.7 Å². The summed E-state index contributed by atoms with van der Waals surface area (Å²) in [7, 11) is 0. The van der Waals surface area contributed by atoms with Crippen molar-refractivity contribution in [2.24, 2.45) is 0 Å². The molecule has 1 aliphatic rings. The number of fused-ring (bicyclic) bond motifs is 1. The van der Waals surface area contributed by atoms with E-state index in [4.69, 9.17) is 11.6 Å². The van der Waals surface area contributed by atoms with Gasteiger partial charge in [-0.1, -0.05) is 17.7 Å². The van der Waals surface area contributed by atoms with Gasteiger partial charge in [-0.2, -0.15) is 0 Å². The molecule has 0 spiro atoms. The van der Waals surface area contributed by atoms with Gasteiger partial charge in [0.1, 0.15) is 6.10 Å². The number of aryl methyl sites for hydroxylation is 1. The van der Waals surface area contributed by atoms with E-state index in [1.54, 1.807) is 24.5 Å². The summed E-state index contributed by atoms with van der Waals surface area (Å²) >= 11 is 5.80. The van der Waals surface area contributed by atoms with E-state index in [-0.39, 0.29) is 5.92 Å². The molecule has 2 aromatic rings. The fourth-order valence-electron chi connectivity index (χ4n) is 2.52. The molecule has 1 aliphatic carbocycles. The molecule has 0 fully saturated rings. The Morgan fingerprint density at radius 3 is 2.94 bits per heavy atom. The minimum absolute atomic E-state index is 0.0369. The Labute approximate surface area is 110 Å². The van der Waals surface area contributed by atoms with Crippen molar-refractivity contribution in [3.63, 3.8) is 0 Å². The molecule has 0 saturated carbocycles. The van der Waals surface area contributed by atoms with Crippen molar-refractivity contribution in [2.75, 3.05) is 0 Å². The smallest absolute Gasteiger partial charge is 0.104 e. The second-order valence-electron chi connectivity index (χ2n) is 4.54. The number of nitrogens with zero attached hydrogens (tertiary/aromatic N) is 2. The molecule has 0 amide bonds. The van der Waals surface area contributed by atoms with E-state index in [0.29, 0.717) is 10.7 Å². The largest absolute Gasteiger partial charge is 0.386 e. The van der Waals surface area contributed by atoms with Crippen LogP contribution in [0.4, 0.5) is 0 Å². The second kappa shape index (κ2) is 4.67. The maximum atomic E-state index is 10.4. The van der Waals surface area contributed by atoms with Gasteiger partial charge in [0, 0.05) is 24.0 Å². The standard InChI is InChI=1S/C14H13ClN2O/c15-10-4-6-12(17-8-10)14(18)11-5-3-9-2-1-7-16-13(9)11/h1-2,4,6-8,11,14,18H,3,5H2. The summed E-state index contributed by atoms with van der Waals surface area (Å²) in [6.45, 7) is 0. The highest BCUT2D eigenvalue weighted by Crippen LogP contribution is 2.39. The first-order chi connectivity index (χ1) is 8.75. The van der Waals surface area contributed by atoms with Gasteiger partial charge in [-0.05, 0) is 36.6 Å². The number of pyridine rings is 2. The number of aliphatic hydroxyl groups is 1. The zero-order chi connectivity index (χ0) is 12.5. The SMILES string of the molecule is OC(c1ccc(Cl)cn1)C1CCc2cccnc21. The molecule has 2 atom stereocenters. The molecule has 3 rings (SSSR count). The van der Waals surface area contributed by atoms with Gasteiger partial charge in [-0.25, -0.2) is 0 Å². The van der Waals surface area contributed by atoms with Crippen molar-refractivity contribution in [3.05, 3.63) is 58.6 Å². The Bertz CT molecular complexity index is 556. The zero-order valence-corrected chi connectivity index (χ0v) is 10.5. The molecule has 0 saturated heterocycles. The van der Waals surface area contributed by atoms with E-state index >= 15 is 0 Å². The fraction of sp³-hybridized carbons (Fsp3) is 0.286. The highest BCUT2D eigenvalue weighted by atomic mass is 35.5. The molecule has 0 aromatic carbocycles. The van der Waals surface area contributed by atoms with E-state index in [1.165, 1.54) is 5.56 Å².